The quantitative estimate of drug-likeness (QED) is 0.820. The summed E-state index contributed by atoms with van der Waals surface area (Å²) in [6, 6.07) is 2.28. The third kappa shape index (κ3) is 3.89. The number of likely N-dealkylation sites (N-methyl/N-ethyl adjacent to an activating group) is 1. The fourth-order valence-electron chi connectivity index (χ4n) is 1.68. The zero-order valence-corrected chi connectivity index (χ0v) is 11.5. The molecule has 17 heavy (non-hydrogen) atoms. The van der Waals surface area contributed by atoms with Gasteiger partial charge in [-0.05, 0) is 38.6 Å². The highest BCUT2D eigenvalue weighted by molar-refractivity contribution is 5.65. The van der Waals surface area contributed by atoms with Crippen LogP contribution in [0.25, 0.3) is 0 Å². The van der Waals surface area contributed by atoms with Crippen molar-refractivity contribution >= 4 is 11.5 Å². The average Bonchev–Trinajstić information content (AvgIpc) is 2.22. The Labute approximate surface area is 104 Å². The molecule has 0 saturated carbocycles. The third-order valence-corrected chi connectivity index (χ3v) is 2.90. The van der Waals surface area contributed by atoms with Crippen LogP contribution >= 0.6 is 0 Å². The Bertz CT molecular complexity index is 360. The van der Waals surface area contributed by atoms with Crippen LogP contribution in [0.4, 0.5) is 11.5 Å². The molecular weight excluding hydrogens is 212 g/mol. The molecule has 0 radical (unpaired) electrons. The summed E-state index contributed by atoms with van der Waals surface area (Å²) in [6.45, 7) is 7.37. The Morgan fingerprint density at radius 2 is 2.06 bits per heavy atom. The summed E-state index contributed by atoms with van der Waals surface area (Å²) in [6.07, 6.45) is 1.79. The number of aryl methyl sites for hydroxylation is 1. The fourth-order valence-corrected chi connectivity index (χ4v) is 1.68. The molecule has 0 bridgehead atoms. The summed E-state index contributed by atoms with van der Waals surface area (Å²) in [7, 11) is 4.15. The molecule has 1 atom stereocenters. The number of pyridine rings is 1. The average molecular weight is 236 g/mol. The van der Waals surface area contributed by atoms with Crippen LogP contribution in [-0.2, 0) is 0 Å². The van der Waals surface area contributed by atoms with Crippen LogP contribution in [0.2, 0.25) is 0 Å². The van der Waals surface area contributed by atoms with Gasteiger partial charge in [0.15, 0.2) is 0 Å². The Morgan fingerprint density at radius 1 is 1.41 bits per heavy atom. The monoisotopic (exact) mass is 236 g/mol. The SMILES string of the molecule is Cc1ccnc(NC(CN(C)C)C(C)C)c1N. The largest absolute Gasteiger partial charge is 0.396 e. The summed E-state index contributed by atoms with van der Waals surface area (Å²) in [5, 5.41) is 3.44. The molecule has 96 valence electrons. The maximum Gasteiger partial charge on any atom is 0.149 e. The topological polar surface area (TPSA) is 54.2 Å². The van der Waals surface area contributed by atoms with E-state index in [4.69, 9.17) is 5.73 Å². The number of hydrogen-bond donors (Lipinski definition) is 2. The van der Waals surface area contributed by atoms with Crippen LogP contribution < -0.4 is 11.1 Å². The van der Waals surface area contributed by atoms with Crippen LogP contribution in [0, 0.1) is 12.8 Å². The summed E-state index contributed by atoms with van der Waals surface area (Å²) in [5.74, 6) is 1.32. The Kier molecular flexibility index (Phi) is 4.75. The highest BCUT2D eigenvalue weighted by Gasteiger charge is 2.16. The normalized spacial score (nSPS) is 13.1. The van der Waals surface area contributed by atoms with E-state index >= 15 is 0 Å². The maximum atomic E-state index is 6.02. The van der Waals surface area contributed by atoms with E-state index in [1.54, 1.807) is 6.20 Å². The summed E-state index contributed by atoms with van der Waals surface area (Å²) < 4.78 is 0. The summed E-state index contributed by atoms with van der Waals surface area (Å²) in [5.41, 5.74) is 7.84. The van der Waals surface area contributed by atoms with Crippen LogP contribution in [0.3, 0.4) is 0 Å². The van der Waals surface area contributed by atoms with Gasteiger partial charge in [0.05, 0.1) is 5.69 Å². The van der Waals surface area contributed by atoms with E-state index in [9.17, 15) is 0 Å². The second-order valence-corrected chi connectivity index (χ2v) is 5.15. The molecule has 1 aromatic rings. The Balaban J connectivity index is 2.82. The van der Waals surface area contributed by atoms with Crippen molar-refractivity contribution in [1.82, 2.24) is 9.88 Å². The molecule has 3 N–H and O–H groups in total. The van der Waals surface area contributed by atoms with Crippen molar-refractivity contribution in [3.8, 4) is 0 Å². The van der Waals surface area contributed by atoms with Crippen molar-refractivity contribution in [1.29, 1.82) is 0 Å². The molecule has 0 aromatic carbocycles. The van der Waals surface area contributed by atoms with Crippen LogP contribution in [-0.4, -0.2) is 36.6 Å². The van der Waals surface area contributed by atoms with E-state index in [-0.39, 0.29) is 0 Å². The van der Waals surface area contributed by atoms with Gasteiger partial charge in [0.2, 0.25) is 0 Å². The fraction of sp³-hybridized carbons (Fsp3) is 0.615. The van der Waals surface area contributed by atoms with E-state index in [1.165, 1.54) is 0 Å². The summed E-state index contributed by atoms with van der Waals surface area (Å²) in [4.78, 5) is 6.48. The Morgan fingerprint density at radius 3 is 2.59 bits per heavy atom. The van der Waals surface area contributed by atoms with Gasteiger partial charge in [-0.3, -0.25) is 0 Å². The highest BCUT2D eigenvalue weighted by atomic mass is 15.1. The van der Waals surface area contributed by atoms with Crippen molar-refractivity contribution < 1.29 is 0 Å². The second kappa shape index (κ2) is 5.87. The van der Waals surface area contributed by atoms with Gasteiger partial charge in [-0.15, -0.1) is 0 Å². The first-order chi connectivity index (χ1) is 7.91. The van der Waals surface area contributed by atoms with Gasteiger partial charge in [-0.25, -0.2) is 4.98 Å². The van der Waals surface area contributed by atoms with Crippen molar-refractivity contribution in [2.24, 2.45) is 5.92 Å². The first-order valence-corrected chi connectivity index (χ1v) is 6.04. The zero-order valence-electron chi connectivity index (χ0n) is 11.5. The van der Waals surface area contributed by atoms with E-state index in [2.05, 4.69) is 43.1 Å². The lowest BCUT2D eigenvalue weighted by Gasteiger charge is -2.26. The van der Waals surface area contributed by atoms with Crippen molar-refractivity contribution in [3.05, 3.63) is 17.8 Å². The van der Waals surface area contributed by atoms with E-state index in [0.717, 1.165) is 23.6 Å². The van der Waals surface area contributed by atoms with Crippen molar-refractivity contribution in [2.75, 3.05) is 31.7 Å². The third-order valence-electron chi connectivity index (χ3n) is 2.90. The molecular formula is C13H24N4. The summed E-state index contributed by atoms with van der Waals surface area (Å²) >= 11 is 0. The number of nitrogen functional groups attached to an aromatic ring is 1. The molecule has 0 saturated heterocycles. The molecule has 0 spiro atoms. The van der Waals surface area contributed by atoms with E-state index < -0.39 is 0 Å². The van der Waals surface area contributed by atoms with E-state index in [1.807, 2.05) is 13.0 Å². The van der Waals surface area contributed by atoms with Crippen LogP contribution in [0.1, 0.15) is 19.4 Å². The molecule has 0 aliphatic carbocycles. The molecule has 0 aliphatic heterocycles. The predicted molar refractivity (Wildman–Crippen MR) is 74.2 cm³/mol. The minimum absolute atomic E-state index is 0.349. The van der Waals surface area contributed by atoms with Crippen LogP contribution in [0.15, 0.2) is 12.3 Å². The van der Waals surface area contributed by atoms with E-state index in [0.29, 0.717) is 12.0 Å². The first kappa shape index (κ1) is 13.8. The first-order valence-electron chi connectivity index (χ1n) is 6.04. The molecule has 4 nitrogen and oxygen atoms in total. The van der Waals surface area contributed by atoms with Gasteiger partial charge in [0.25, 0.3) is 0 Å². The zero-order chi connectivity index (χ0) is 13.0. The van der Waals surface area contributed by atoms with Crippen molar-refractivity contribution in [2.45, 2.75) is 26.8 Å². The predicted octanol–water partition coefficient (Wildman–Crippen LogP) is 1.97. The number of anilines is 2. The standard InChI is InChI=1S/C13H24N4/c1-9(2)11(8-17(4)5)16-13-12(14)10(3)6-7-15-13/h6-7,9,11H,8,14H2,1-5H3,(H,15,16). The van der Waals surface area contributed by atoms with Gasteiger partial charge >= 0.3 is 0 Å². The molecule has 1 aromatic heterocycles. The number of aromatic nitrogens is 1. The highest BCUT2D eigenvalue weighted by Crippen LogP contribution is 2.21. The van der Waals surface area contributed by atoms with Gasteiger partial charge in [0.1, 0.15) is 5.82 Å². The molecule has 0 fully saturated rings. The second-order valence-electron chi connectivity index (χ2n) is 5.15. The number of nitrogens with one attached hydrogen (secondary N) is 1. The lowest BCUT2D eigenvalue weighted by molar-refractivity contribution is 0.344. The number of nitrogens with zero attached hydrogens (tertiary/aromatic N) is 2. The maximum absolute atomic E-state index is 6.02. The number of nitrogens with two attached hydrogens (primary N) is 1. The smallest absolute Gasteiger partial charge is 0.149 e. The number of rotatable bonds is 5. The van der Waals surface area contributed by atoms with Gasteiger partial charge in [0, 0.05) is 18.8 Å². The number of hydrogen-bond acceptors (Lipinski definition) is 4. The molecule has 0 aliphatic rings. The molecule has 4 heteroatoms. The molecule has 1 heterocycles. The van der Waals surface area contributed by atoms with Gasteiger partial charge in [-0.2, -0.15) is 0 Å². The van der Waals surface area contributed by atoms with Gasteiger partial charge < -0.3 is 16.0 Å². The Hall–Kier alpha value is -1.29. The van der Waals surface area contributed by atoms with Crippen LogP contribution in [0.5, 0.6) is 0 Å². The van der Waals surface area contributed by atoms with Crippen molar-refractivity contribution in [3.63, 3.8) is 0 Å². The minimum Gasteiger partial charge on any atom is -0.396 e. The lowest BCUT2D eigenvalue weighted by Crippen LogP contribution is -2.36. The molecule has 1 unspecified atom stereocenters. The molecule has 0 amide bonds. The lowest BCUT2D eigenvalue weighted by atomic mass is 10.0. The minimum atomic E-state index is 0.349. The van der Waals surface area contributed by atoms with Gasteiger partial charge in [-0.1, -0.05) is 13.8 Å². The molecule has 1 rings (SSSR count).